The quantitative estimate of drug-likeness (QED) is 0.547. The first-order chi connectivity index (χ1) is 13.3. The first-order valence-electron chi connectivity index (χ1n) is 11.6. The lowest BCUT2D eigenvalue weighted by molar-refractivity contribution is 0.0309. The van der Waals surface area contributed by atoms with Crippen LogP contribution < -0.4 is 0 Å². The zero-order valence-corrected chi connectivity index (χ0v) is 17.2. The van der Waals surface area contributed by atoms with Crippen LogP contribution in [-0.2, 0) is 11.2 Å². The molecule has 3 heteroatoms. The van der Waals surface area contributed by atoms with Gasteiger partial charge in [0.1, 0.15) is 0 Å². The molecule has 1 aromatic heterocycles. The summed E-state index contributed by atoms with van der Waals surface area (Å²) in [4.78, 5) is 2.59. The molecule has 1 aliphatic heterocycles. The van der Waals surface area contributed by atoms with Gasteiger partial charge in [-0.15, -0.1) is 0 Å². The van der Waals surface area contributed by atoms with Crippen LogP contribution in [0, 0.1) is 17.3 Å². The molecule has 152 valence electrons. The van der Waals surface area contributed by atoms with Crippen LogP contribution in [0.25, 0.3) is 0 Å². The van der Waals surface area contributed by atoms with E-state index in [2.05, 4.69) is 11.0 Å². The average Bonchev–Trinajstić information content (AvgIpc) is 3.39. The summed E-state index contributed by atoms with van der Waals surface area (Å²) in [5.74, 6) is 1.70. The van der Waals surface area contributed by atoms with Gasteiger partial charge in [-0.25, -0.2) is 0 Å². The fraction of sp³-hybridized carbons (Fsp3) is 0.833. The summed E-state index contributed by atoms with van der Waals surface area (Å²) < 4.78 is 11.3. The lowest BCUT2D eigenvalue weighted by Gasteiger charge is -2.45. The first-order valence-corrected chi connectivity index (χ1v) is 11.6. The van der Waals surface area contributed by atoms with E-state index in [0.717, 1.165) is 25.0 Å². The number of nitrogens with zero attached hydrogens (tertiary/aromatic N) is 1. The van der Waals surface area contributed by atoms with Gasteiger partial charge in [0.15, 0.2) is 0 Å². The molecule has 0 radical (unpaired) electrons. The Balaban J connectivity index is 1.08. The standard InChI is InChI=1S/C24H39NO2/c1-2-14-25(13-1)15-3-16-26-19-22-6-11-24(12-7-22)9-4-21(5-10-24)18-23-8-17-27-20-23/h8,17,20-22H,1-7,9-16,18-19H2. The second-order valence-corrected chi connectivity index (χ2v) is 9.70. The van der Waals surface area contributed by atoms with E-state index >= 15 is 0 Å². The normalized spacial score (nSPS) is 32.3. The zero-order chi connectivity index (χ0) is 18.4. The molecule has 3 aliphatic rings. The van der Waals surface area contributed by atoms with E-state index in [1.54, 1.807) is 0 Å². The van der Waals surface area contributed by atoms with Crippen LogP contribution in [-0.4, -0.2) is 37.7 Å². The predicted octanol–water partition coefficient (Wildman–Crippen LogP) is 5.69. The molecular formula is C24H39NO2. The molecule has 2 heterocycles. The van der Waals surface area contributed by atoms with Crippen molar-refractivity contribution in [1.29, 1.82) is 0 Å². The van der Waals surface area contributed by atoms with Crippen LogP contribution in [0.1, 0.15) is 76.2 Å². The largest absolute Gasteiger partial charge is 0.472 e. The van der Waals surface area contributed by atoms with Crippen molar-refractivity contribution in [3.63, 3.8) is 0 Å². The molecule has 3 nitrogen and oxygen atoms in total. The van der Waals surface area contributed by atoms with E-state index in [1.165, 1.54) is 102 Å². The number of ether oxygens (including phenoxy) is 1. The smallest absolute Gasteiger partial charge is 0.0934 e. The molecule has 2 saturated carbocycles. The first kappa shape index (κ1) is 19.5. The van der Waals surface area contributed by atoms with E-state index in [1.807, 2.05) is 12.5 Å². The molecule has 2 aliphatic carbocycles. The number of hydrogen-bond acceptors (Lipinski definition) is 3. The van der Waals surface area contributed by atoms with Crippen molar-refractivity contribution in [1.82, 2.24) is 4.90 Å². The molecule has 3 fully saturated rings. The van der Waals surface area contributed by atoms with Crippen molar-refractivity contribution >= 4 is 0 Å². The lowest BCUT2D eigenvalue weighted by atomic mass is 9.61. The molecule has 1 aromatic rings. The molecule has 0 unspecified atom stereocenters. The monoisotopic (exact) mass is 373 g/mol. The summed E-state index contributed by atoms with van der Waals surface area (Å²) in [6.45, 7) is 5.85. The summed E-state index contributed by atoms with van der Waals surface area (Å²) in [6, 6.07) is 2.14. The van der Waals surface area contributed by atoms with Crippen LogP contribution in [0.15, 0.2) is 23.0 Å². The Kier molecular flexibility index (Phi) is 6.94. The molecule has 0 atom stereocenters. The SMILES string of the molecule is c1cc(CC2CCC3(CCC(COCCCN4CCCC4)CC3)CC2)co1. The van der Waals surface area contributed by atoms with Crippen LogP contribution in [0.3, 0.4) is 0 Å². The van der Waals surface area contributed by atoms with Gasteiger partial charge in [-0.05, 0) is 119 Å². The predicted molar refractivity (Wildman–Crippen MR) is 110 cm³/mol. The van der Waals surface area contributed by atoms with E-state index in [4.69, 9.17) is 9.15 Å². The van der Waals surface area contributed by atoms with Gasteiger partial charge in [-0.3, -0.25) is 0 Å². The molecular weight excluding hydrogens is 334 g/mol. The van der Waals surface area contributed by atoms with Gasteiger partial charge < -0.3 is 14.1 Å². The highest BCUT2D eigenvalue weighted by molar-refractivity contribution is 5.07. The highest BCUT2D eigenvalue weighted by Gasteiger charge is 2.38. The summed E-state index contributed by atoms with van der Waals surface area (Å²) in [5.41, 5.74) is 2.07. The van der Waals surface area contributed by atoms with Gasteiger partial charge >= 0.3 is 0 Å². The Hall–Kier alpha value is -0.800. The molecule has 27 heavy (non-hydrogen) atoms. The van der Waals surface area contributed by atoms with Gasteiger partial charge in [-0.1, -0.05) is 0 Å². The number of rotatable bonds is 8. The lowest BCUT2D eigenvalue weighted by Crippen LogP contribution is -2.33. The molecule has 1 spiro atoms. The third-order valence-corrected chi connectivity index (χ3v) is 7.75. The third-order valence-electron chi connectivity index (χ3n) is 7.75. The maximum Gasteiger partial charge on any atom is 0.0934 e. The third kappa shape index (κ3) is 5.60. The highest BCUT2D eigenvalue weighted by Crippen LogP contribution is 2.50. The molecule has 0 amide bonds. The minimum absolute atomic E-state index is 0.680. The number of likely N-dealkylation sites (tertiary alicyclic amines) is 1. The summed E-state index contributed by atoms with van der Waals surface area (Å²) in [7, 11) is 0. The molecule has 0 aromatic carbocycles. The van der Waals surface area contributed by atoms with E-state index in [9.17, 15) is 0 Å². The molecule has 0 bridgehead atoms. The summed E-state index contributed by atoms with van der Waals surface area (Å²) in [5, 5.41) is 0. The van der Waals surface area contributed by atoms with Crippen LogP contribution in [0.2, 0.25) is 0 Å². The minimum atomic E-state index is 0.680. The van der Waals surface area contributed by atoms with Crippen LogP contribution in [0.5, 0.6) is 0 Å². The Morgan fingerprint density at radius 3 is 2.37 bits per heavy atom. The van der Waals surface area contributed by atoms with Crippen LogP contribution >= 0.6 is 0 Å². The van der Waals surface area contributed by atoms with Crippen molar-refractivity contribution in [3.8, 4) is 0 Å². The fourth-order valence-electron chi connectivity index (χ4n) is 5.84. The minimum Gasteiger partial charge on any atom is -0.472 e. The van der Waals surface area contributed by atoms with Gasteiger partial charge in [0.25, 0.3) is 0 Å². The molecule has 0 N–H and O–H groups in total. The number of furan rings is 1. The van der Waals surface area contributed by atoms with Crippen molar-refractivity contribution < 1.29 is 9.15 Å². The molecule has 4 rings (SSSR count). The zero-order valence-electron chi connectivity index (χ0n) is 17.2. The average molecular weight is 374 g/mol. The van der Waals surface area contributed by atoms with E-state index in [0.29, 0.717) is 5.41 Å². The summed E-state index contributed by atoms with van der Waals surface area (Å²) >= 11 is 0. The Labute approximate surface area is 165 Å². The Bertz CT molecular complexity index is 517. The van der Waals surface area contributed by atoms with Gasteiger partial charge in [0.05, 0.1) is 12.5 Å². The van der Waals surface area contributed by atoms with Crippen LogP contribution in [0.4, 0.5) is 0 Å². The molecule has 1 saturated heterocycles. The maximum absolute atomic E-state index is 6.05. The van der Waals surface area contributed by atoms with Crippen molar-refractivity contribution in [2.24, 2.45) is 17.3 Å². The Morgan fingerprint density at radius 2 is 1.70 bits per heavy atom. The van der Waals surface area contributed by atoms with Gasteiger partial charge in [-0.2, -0.15) is 0 Å². The van der Waals surface area contributed by atoms with E-state index in [-0.39, 0.29) is 0 Å². The highest BCUT2D eigenvalue weighted by atomic mass is 16.5. The van der Waals surface area contributed by atoms with E-state index < -0.39 is 0 Å². The van der Waals surface area contributed by atoms with Gasteiger partial charge in [0.2, 0.25) is 0 Å². The van der Waals surface area contributed by atoms with Gasteiger partial charge in [0, 0.05) is 19.8 Å². The Morgan fingerprint density at radius 1 is 1.00 bits per heavy atom. The number of hydrogen-bond donors (Lipinski definition) is 0. The summed E-state index contributed by atoms with van der Waals surface area (Å²) in [6.07, 6.45) is 20.4. The van der Waals surface area contributed by atoms with Crippen molar-refractivity contribution in [3.05, 3.63) is 24.2 Å². The van der Waals surface area contributed by atoms with Crippen molar-refractivity contribution in [2.45, 2.75) is 77.0 Å². The second kappa shape index (κ2) is 9.60. The second-order valence-electron chi connectivity index (χ2n) is 9.70. The fourth-order valence-corrected chi connectivity index (χ4v) is 5.84. The topological polar surface area (TPSA) is 25.6 Å². The van der Waals surface area contributed by atoms with Crippen molar-refractivity contribution in [2.75, 3.05) is 32.8 Å². The maximum atomic E-state index is 6.05.